The maximum Gasteiger partial charge on any atom is 0.264 e. The summed E-state index contributed by atoms with van der Waals surface area (Å²) in [5.74, 6) is -0.503. The van der Waals surface area contributed by atoms with Crippen molar-refractivity contribution in [1.29, 1.82) is 0 Å². The van der Waals surface area contributed by atoms with Crippen molar-refractivity contribution in [3.05, 3.63) is 85.5 Å². The van der Waals surface area contributed by atoms with Crippen molar-refractivity contribution >= 4 is 99.0 Å². The molecule has 1 amide bonds. The van der Waals surface area contributed by atoms with Gasteiger partial charge in [-0.3, -0.25) is 14.2 Å². The van der Waals surface area contributed by atoms with E-state index >= 15 is 0 Å². The van der Waals surface area contributed by atoms with Crippen molar-refractivity contribution in [1.82, 2.24) is 0 Å². The van der Waals surface area contributed by atoms with Gasteiger partial charge in [-0.2, -0.15) is 0 Å². The Morgan fingerprint density at radius 2 is 1.20 bits per heavy atom. The van der Waals surface area contributed by atoms with E-state index in [1.54, 1.807) is 60.7 Å². The third kappa shape index (κ3) is 4.59. The molecule has 0 aromatic heterocycles. The van der Waals surface area contributed by atoms with Crippen LogP contribution < -0.4 is 14.8 Å². The predicted octanol–water partition coefficient (Wildman–Crippen LogP) is 5.22. The van der Waals surface area contributed by atoms with Crippen LogP contribution >= 0.6 is 45.2 Å². The van der Waals surface area contributed by atoms with Crippen LogP contribution in [-0.4, -0.2) is 22.7 Å². The third-order valence-electron chi connectivity index (χ3n) is 5.34. The molecular weight excluding hydrogens is 716 g/mol. The molecule has 1 aliphatic rings. The van der Waals surface area contributed by atoms with Gasteiger partial charge in [0.2, 0.25) is 0 Å². The zero-order valence-electron chi connectivity index (χ0n) is 17.5. The first-order chi connectivity index (χ1) is 16.5. The van der Waals surface area contributed by atoms with Gasteiger partial charge in [0, 0.05) is 34.9 Å². The van der Waals surface area contributed by atoms with Gasteiger partial charge in [0.25, 0.3) is 26.0 Å². The molecule has 0 unspecified atom stereocenters. The number of sulfonamides is 2. The second-order valence-electron chi connectivity index (χ2n) is 7.65. The third-order valence-corrected chi connectivity index (χ3v) is 9.61. The molecule has 1 aliphatic heterocycles. The van der Waals surface area contributed by atoms with E-state index in [9.17, 15) is 21.6 Å². The lowest BCUT2D eigenvalue weighted by molar-refractivity contribution is 0.103. The molecule has 4 aromatic carbocycles. The van der Waals surface area contributed by atoms with Gasteiger partial charge < -0.3 is 5.32 Å². The number of nitrogens with one attached hydrogen (secondary N) is 3. The molecule has 0 spiro atoms. The van der Waals surface area contributed by atoms with Crippen LogP contribution in [0.15, 0.2) is 82.6 Å². The fourth-order valence-electron chi connectivity index (χ4n) is 3.80. The van der Waals surface area contributed by atoms with Gasteiger partial charge in [-0.15, -0.1) is 0 Å². The standard InChI is InChI=1S/C23H15I2N3O5S2/c24-13-4-8-15(9-5-13)27-34(30,31)19-12-20(35(32,33)28-16-10-6-14(25)7-11-16)22-21-17(19)2-1-3-18(21)23(29)26-22/h1-12,27-28H,(H,26,29). The molecule has 178 valence electrons. The van der Waals surface area contributed by atoms with E-state index in [4.69, 9.17) is 0 Å². The summed E-state index contributed by atoms with van der Waals surface area (Å²) in [6.45, 7) is 0. The minimum absolute atomic E-state index is 0.0480. The Morgan fingerprint density at radius 3 is 1.74 bits per heavy atom. The highest BCUT2D eigenvalue weighted by atomic mass is 127. The van der Waals surface area contributed by atoms with Crippen LogP contribution in [-0.2, 0) is 20.0 Å². The van der Waals surface area contributed by atoms with Crippen LogP contribution in [0.2, 0.25) is 0 Å². The molecule has 0 bridgehead atoms. The monoisotopic (exact) mass is 731 g/mol. The fourth-order valence-corrected chi connectivity index (χ4v) is 7.14. The van der Waals surface area contributed by atoms with E-state index in [2.05, 4.69) is 59.9 Å². The number of hydrogen-bond donors (Lipinski definition) is 3. The number of rotatable bonds is 6. The summed E-state index contributed by atoms with van der Waals surface area (Å²) in [5, 5.41) is 3.08. The lowest BCUT2D eigenvalue weighted by Gasteiger charge is -2.16. The Labute approximate surface area is 228 Å². The lowest BCUT2D eigenvalue weighted by Crippen LogP contribution is -2.18. The molecule has 12 heteroatoms. The van der Waals surface area contributed by atoms with Crippen molar-refractivity contribution < 1.29 is 21.6 Å². The largest absolute Gasteiger partial charge is 0.320 e. The van der Waals surface area contributed by atoms with Crippen LogP contribution in [0.5, 0.6) is 0 Å². The van der Waals surface area contributed by atoms with E-state index < -0.39 is 26.0 Å². The summed E-state index contributed by atoms with van der Waals surface area (Å²) >= 11 is 4.21. The average Bonchev–Trinajstić information content (AvgIpc) is 3.14. The Morgan fingerprint density at radius 1 is 0.686 bits per heavy atom. The summed E-state index contributed by atoms with van der Waals surface area (Å²) in [6, 6.07) is 19.1. The number of halogens is 2. The summed E-state index contributed by atoms with van der Waals surface area (Å²) in [7, 11) is -8.49. The molecule has 35 heavy (non-hydrogen) atoms. The SMILES string of the molecule is O=C1Nc2c(S(=O)(=O)Nc3ccc(I)cc3)cc(S(=O)(=O)Nc3ccc(I)cc3)c3cccc1c23. The van der Waals surface area contributed by atoms with Crippen LogP contribution in [0.25, 0.3) is 10.8 Å². The molecule has 0 aliphatic carbocycles. The van der Waals surface area contributed by atoms with Crippen LogP contribution in [0.3, 0.4) is 0 Å². The topological polar surface area (TPSA) is 121 Å². The van der Waals surface area contributed by atoms with E-state index in [1.807, 2.05) is 0 Å². The number of hydrogen-bond acceptors (Lipinski definition) is 5. The van der Waals surface area contributed by atoms with Crippen molar-refractivity contribution in [2.75, 3.05) is 14.8 Å². The number of carbonyl (C=O) groups excluding carboxylic acids is 1. The molecule has 0 saturated carbocycles. The second-order valence-corrected chi connectivity index (χ2v) is 13.4. The summed E-state index contributed by atoms with van der Waals surface area (Å²) < 4.78 is 60.6. The van der Waals surface area contributed by atoms with E-state index in [1.165, 1.54) is 6.07 Å². The quantitative estimate of drug-likeness (QED) is 0.235. The maximum atomic E-state index is 13.5. The molecule has 0 fully saturated rings. The zero-order chi connectivity index (χ0) is 25.0. The average molecular weight is 731 g/mol. The van der Waals surface area contributed by atoms with Gasteiger partial charge in [0.05, 0.1) is 10.6 Å². The minimum Gasteiger partial charge on any atom is -0.320 e. The van der Waals surface area contributed by atoms with Crippen LogP contribution in [0.1, 0.15) is 10.4 Å². The Hall–Kier alpha value is -2.43. The van der Waals surface area contributed by atoms with Crippen molar-refractivity contribution in [3.8, 4) is 0 Å². The van der Waals surface area contributed by atoms with Gasteiger partial charge in [-0.25, -0.2) is 16.8 Å². The van der Waals surface area contributed by atoms with Gasteiger partial charge in [0.1, 0.15) is 4.90 Å². The van der Waals surface area contributed by atoms with Crippen molar-refractivity contribution in [2.45, 2.75) is 9.79 Å². The smallest absolute Gasteiger partial charge is 0.264 e. The Balaban J connectivity index is 1.71. The van der Waals surface area contributed by atoms with Gasteiger partial charge in [-0.1, -0.05) is 12.1 Å². The van der Waals surface area contributed by atoms with Gasteiger partial charge in [0.15, 0.2) is 0 Å². The van der Waals surface area contributed by atoms with E-state index in [-0.39, 0.29) is 31.8 Å². The first-order valence-electron chi connectivity index (χ1n) is 10.0. The zero-order valence-corrected chi connectivity index (χ0v) is 23.5. The second kappa shape index (κ2) is 8.90. The molecule has 1 heterocycles. The number of amides is 1. The molecule has 4 aromatic rings. The van der Waals surface area contributed by atoms with Crippen LogP contribution in [0.4, 0.5) is 17.1 Å². The van der Waals surface area contributed by atoms with Crippen LogP contribution in [0, 0.1) is 7.14 Å². The summed E-state index contributed by atoms with van der Waals surface area (Å²) in [4.78, 5) is 12.0. The Kier molecular flexibility index (Phi) is 6.17. The highest BCUT2D eigenvalue weighted by molar-refractivity contribution is 14.1. The summed E-state index contributed by atoms with van der Waals surface area (Å²) in [6.07, 6.45) is 0. The normalized spacial score (nSPS) is 13.0. The number of carbonyl (C=O) groups is 1. The van der Waals surface area contributed by atoms with E-state index in [0.29, 0.717) is 11.4 Å². The molecule has 0 radical (unpaired) electrons. The molecule has 0 atom stereocenters. The fraction of sp³-hybridized carbons (Fsp3) is 0. The number of benzene rings is 4. The molecule has 8 nitrogen and oxygen atoms in total. The molecular formula is C23H15I2N3O5S2. The highest BCUT2D eigenvalue weighted by Crippen LogP contribution is 2.42. The first-order valence-corrected chi connectivity index (χ1v) is 15.2. The van der Waals surface area contributed by atoms with Gasteiger partial charge in [-0.05, 0) is 106 Å². The molecule has 5 rings (SSSR count). The highest BCUT2D eigenvalue weighted by Gasteiger charge is 2.33. The predicted molar refractivity (Wildman–Crippen MR) is 152 cm³/mol. The summed E-state index contributed by atoms with van der Waals surface area (Å²) in [5.41, 5.74) is 0.877. The first kappa shape index (κ1) is 24.3. The Bertz CT molecular complexity index is 1720. The lowest BCUT2D eigenvalue weighted by atomic mass is 10.1. The number of anilines is 3. The minimum atomic E-state index is -4.27. The van der Waals surface area contributed by atoms with E-state index in [0.717, 1.165) is 13.2 Å². The molecule has 0 saturated heterocycles. The van der Waals surface area contributed by atoms with Crippen molar-refractivity contribution in [3.63, 3.8) is 0 Å². The molecule has 3 N–H and O–H groups in total. The van der Waals surface area contributed by atoms with Crippen molar-refractivity contribution in [2.24, 2.45) is 0 Å². The maximum absolute atomic E-state index is 13.5. The van der Waals surface area contributed by atoms with Gasteiger partial charge >= 0.3 is 0 Å².